The Morgan fingerprint density at radius 2 is 1.69 bits per heavy atom. The Morgan fingerprint density at radius 3 is 2.34 bits per heavy atom. The Labute approximate surface area is 166 Å². The van der Waals surface area contributed by atoms with E-state index in [0.717, 1.165) is 0 Å². The van der Waals surface area contributed by atoms with Gasteiger partial charge in [0.2, 0.25) is 5.91 Å². The van der Waals surface area contributed by atoms with E-state index in [2.05, 4.69) is 5.32 Å². The predicted molar refractivity (Wildman–Crippen MR) is 101 cm³/mol. The summed E-state index contributed by atoms with van der Waals surface area (Å²) < 4.78 is 44.2. The molecule has 2 aromatic carbocycles. The summed E-state index contributed by atoms with van der Waals surface area (Å²) in [7, 11) is 0. The molecular weight excluding hydrogens is 385 g/mol. The number of likely N-dealkylation sites (tertiary alicyclic amines) is 1. The van der Waals surface area contributed by atoms with Gasteiger partial charge in [-0.05, 0) is 49.2 Å². The van der Waals surface area contributed by atoms with E-state index in [1.165, 1.54) is 4.90 Å². The number of carbonyl (C=O) groups is 2. The monoisotopic (exact) mass is 406 g/mol. The van der Waals surface area contributed by atoms with Crippen molar-refractivity contribution in [2.45, 2.75) is 19.0 Å². The van der Waals surface area contributed by atoms with E-state index in [9.17, 15) is 22.8 Å². The molecule has 1 atom stereocenters. The molecule has 0 aliphatic carbocycles. The zero-order chi connectivity index (χ0) is 20.9. The lowest BCUT2D eigenvalue weighted by molar-refractivity contribution is -0.187. The van der Waals surface area contributed by atoms with E-state index in [4.69, 9.17) is 4.74 Å². The zero-order valence-corrected chi connectivity index (χ0v) is 15.6. The molecule has 1 heterocycles. The fourth-order valence-corrected chi connectivity index (χ4v) is 3.14. The fourth-order valence-electron chi connectivity index (χ4n) is 3.14. The molecule has 8 heteroatoms. The van der Waals surface area contributed by atoms with Crippen molar-refractivity contribution < 1.29 is 27.5 Å². The van der Waals surface area contributed by atoms with Crippen molar-refractivity contribution in [3.8, 4) is 11.5 Å². The number of amides is 2. The molecule has 1 N–H and O–H groups in total. The highest BCUT2D eigenvalue weighted by molar-refractivity contribution is 5.96. The molecule has 1 fully saturated rings. The summed E-state index contributed by atoms with van der Waals surface area (Å²) in [4.78, 5) is 25.6. The summed E-state index contributed by atoms with van der Waals surface area (Å²) in [6, 6.07) is 15.5. The van der Waals surface area contributed by atoms with Gasteiger partial charge < -0.3 is 15.0 Å². The first kappa shape index (κ1) is 20.7. The van der Waals surface area contributed by atoms with Gasteiger partial charge in [-0.2, -0.15) is 13.2 Å². The van der Waals surface area contributed by atoms with Crippen molar-refractivity contribution in [3.05, 3.63) is 60.2 Å². The fraction of sp³-hybridized carbons (Fsp3) is 0.333. The first-order valence-corrected chi connectivity index (χ1v) is 9.28. The molecule has 154 valence electrons. The van der Waals surface area contributed by atoms with E-state index >= 15 is 0 Å². The predicted octanol–water partition coefficient (Wildman–Crippen LogP) is 4.01. The first-order chi connectivity index (χ1) is 13.8. The topological polar surface area (TPSA) is 58.6 Å². The molecule has 1 aliphatic rings. The van der Waals surface area contributed by atoms with Gasteiger partial charge in [0, 0.05) is 18.7 Å². The number of hydrogen-bond donors (Lipinski definition) is 1. The van der Waals surface area contributed by atoms with Gasteiger partial charge in [0.1, 0.15) is 11.5 Å². The summed E-state index contributed by atoms with van der Waals surface area (Å²) in [6.45, 7) is -0.428. The number of rotatable bonds is 5. The van der Waals surface area contributed by atoms with Crippen molar-refractivity contribution >= 4 is 11.8 Å². The minimum Gasteiger partial charge on any atom is -0.457 e. The average molecular weight is 406 g/mol. The highest BCUT2D eigenvalue weighted by atomic mass is 19.4. The van der Waals surface area contributed by atoms with Crippen LogP contribution in [0.2, 0.25) is 0 Å². The third-order valence-electron chi connectivity index (χ3n) is 4.73. The second-order valence-corrected chi connectivity index (χ2v) is 6.84. The van der Waals surface area contributed by atoms with Crippen molar-refractivity contribution in [1.82, 2.24) is 10.2 Å². The molecule has 5 nitrogen and oxygen atoms in total. The molecule has 0 aromatic heterocycles. The number of para-hydroxylation sites is 1. The number of nitrogens with one attached hydrogen (secondary N) is 1. The van der Waals surface area contributed by atoms with Gasteiger partial charge in [0.25, 0.3) is 5.91 Å². The number of alkyl halides is 3. The van der Waals surface area contributed by atoms with E-state index in [1.54, 1.807) is 36.4 Å². The van der Waals surface area contributed by atoms with E-state index < -0.39 is 23.9 Å². The number of ether oxygens (including phenoxy) is 1. The second kappa shape index (κ2) is 8.98. The SMILES string of the molecule is O=C(NCC(=O)N1CCC[C@H](C(F)(F)F)C1)c1ccc(Oc2ccccc2)cc1. The lowest BCUT2D eigenvalue weighted by atomic mass is 9.97. The second-order valence-electron chi connectivity index (χ2n) is 6.84. The molecule has 0 bridgehead atoms. The van der Waals surface area contributed by atoms with Crippen LogP contribution in [0.4, 0.5) is 13.2 Å². The van der Waals surface area contributed by atoms with Crippen LogP contribution in [0.1, 0.15) is 23.2 Å². The van der Waals surface area contributed by atoms with Gasteiger partial charge in [-0.15, -0.1) is 0 Å². The van der Waals surface area contributed by atoms with Crippen LogP contribution in [-0.2, 0) is 4.79 Å². The molecule has 3 rings (SSSR count). The van der Waals surface area contributed by atoms with Crippen LogP contribution in [0.3, 0.4) is 0 Å². The highest BCUT2D eigenvalue weighted by Gasteiger charge is 2.42. The molecule has 2 aromatic rings. The lowest BCUT2D eigenvalue weighted by Gasteiger charge is -2.33. The van der Waals surface area contributed by atoms with Gasteiger partial charge in [0.05, 0.1) is 12.5 Å². The van der Waals surface area contributed by atoms with Gasteiger partial charge in [-0.3, -0.25) is 9.59 Å². The number of benzene rings is 2. The van der Waals surface area contributed by atoms with Crippen LogP contribution in [0.5, 0.6) is 11.5 Å². The summed E-state index contributed by atoms with van der Waals surface area (Å²) in [5.74, 6) is -1.29. The van der Waals surface area contributed by atoms with Crippen LogP contribution in [-0.4, -0.2) is 42.5 Å². The van der Waals surface area contributed by atoms with Crippen LogP contribution in [0, 0.1) is 5.92 Å². The summed E-state index contributed by atoms with van der Waals surface area (Å²) in [6.07, 6.45) is -3.99. The van der Waals surface area contributed by atoms with Gasteiger partial charge >= 0.3 is 6.18 Å². The molecule has 0 spiro atoms. The quantitative estimate of drug-likeness (QED) is 0.816. The summed E-state index contributed by atoms with van der Waals surface area (Å²) >= 11 is 0. The van der Waals surface area contributed by atoms with Crippen molar-refractivity contribution in [3.63, 3.8) is 0 Å². The minimum atomic E-state index is -4.31. The third kappa shape index (κ3) is 5.73. The van der Waals surface area contributed by atoms with Crippen molar-refractivity contribution in [1.29, 1.82) is 0 Å². The maximum absolute atomic E-state index is 12.9. The molecule has 29 heavy (non-hydrogen) atoms. The van der Waals surface area contributed by atoms with Crippen LogP contribution in [0.25, 0.3) is 0 Å². The highest BCUT2D eigenvalue weighted by Crippen LogP contribution is 2.33. The van der Waals surface area contributed by atoms with E-state index in [-0.39, 0.29) is 26.1 Å². The number of carbonyl (C=O) groups excluding carboxylic acids is 2. The molecule has 0 unspecified atom stereocenters. The molecular formula is C21H21F3N2O3. The van der Waals surface area contributed by atoms with Gasteiger partial charge in [0.15, 0.2) is 0 Å². The Hall–Kier alpha value is -3.03. The number of nitrogens with zero attached hydrogens (tertiary/aromatic N) is 1. The smallest absolute Gasteiger partial charge is 0.393 e. The maximum Gasteiger partial charge on any atom is 0.393 e. The van der Waals surface area contributed by atoms with Crippen molar-refractivity contribution in [2.24, 2.45) is 5.92 Å². The van der Waals surface area contributed by atoms with E-state index in [0.29, 0.717) is 23.5 Å². The van der Waals surface area contributed by atoms with Crippen LogP contribution < -0.4 is 10.1 Å². The first-order valence-electron chi connectivity index (χ1n) is 9.28. The summed E-state index contributed by atoms with van der Waals surface area (Å²) in [5.41, 5.74) is 0.324. The number of piperidine rings is 1. The minimum absolute atomic E-state index is 0.0248. The average Bonchev–Trinajstić information content (AvgIpc) is 2.72. The molecule has 0 radical (unpaired) electrons. The maximum atomic E-state index is 12.9. The molecule has 2 amide bonds. The van der Waals surface area contributed by atoms with Crippen molar-refractivity contribution in [2.75, 3.05) is 19.6 Å². The van der Waals surface area contributed by atoms with Crippen LogP contribution >= 0.6 is 0 Å². The Kier molecular flexibility index (Phi) is 6.41. The molecule has 1 saturated heterocycles. The largest absolute Gasteiger partial charge is 0.457 e. The molecule has 1 aliphatic heterocycles. The number of hydrogen-bond acceptors (Lipinski definition) is 3. The standard InChI is InChI=1S/C21H21F3N2O3/c22-21(23,24)16-5-4-12-26(14-16)19(27)13-25-20(28)15-8-10-18(11-9-15)29-17-6-2-1-3-7-17/h1-3,6-11,16H,4-5,12-14H2,(H,25,28)/t16-/m0/s1. The van der Waals surface area contributed by atoms with Gasteiger partial charge in [-0.1, -0.05) is 18.2 Å². The Balaban J connectivity index is 1.50. The molecule has 0 saturated carbocycles. The Morgan fingerprint density at radius 1 is 1.03 bits per heavy atom. The lowest BCUT2D eigenvalue weighted by Crippen LogP contribution is -2.48. The summed E-state index contributed by atoms with van der Waals surface area (Å²) in [5, 5.41) is 2.47. The van der Waals surface area contributed by atoms with Gasteiger partial charge in [-0.25, -0.2) is 0 Å². The third-order valence-corrected chi connectivity index (χ3v) is 4.73. The normalized spacial score (nSPS) is 16.9. The zero-order valence-electron chi connectivity index (χ0n) is 15.6. The number of halogens is 3. The van der Waals surface area contributed by atoms with Crippen LogP contribution in [0.15, 0.2) is 54.6 Å². The van der Waals surface area contributed by atoms with E-state index in [1.807, 2.05) is 18.2 Å². The Bertz CT molecular complexity index is 838.